The van der Waals surface area contributed by atoms with E-state index in [0.717, 1.165) is 5.56 Å². The molecule has 8 nitrogen and oxygen atoms in total. The summed E-state index contributed by atoms with van der Waals surface area (Å²) in [7, 11) is 2.21. The third-order valence-corrected chi connectivity index (χ3v) is 5.62. The number of methoxy groups -OCH3 is 3. The third kappa shape index (κ3) is 4.55. The fourth-order valence-electron chi connectivity index (χ4n) is 2.65. The number of nitrogens with one attached hydrogen (secondary N) is 2. The predicted molar refractivity (Wildman–Crippen MR) is 105 cm³/mol. The van der Waals surface area contributed by atoms with E-state index in [1.807, 2.05) is 0 Å². The van der Waals surface area contributed by atoms with Crippen molar-refractivity contribution in [1.82, 2.24) is 10.0 Å². The van der Waals surface area contributed by atoms with E-state index in [-0.39, 0.29) is 22.9 Å². The maximum Gasteiger partial charge on any atom is 0.251 e. The van der Waals surface area contributed by atoms with Crippen molar-refractivity contribution in [3.8, 4) is 17.2 Å². The number of aryl methyl sites for hydroxylation is 1. The first kappa shape index (κ1) is 21.5. The molecule has 28 heavy (non-hydrogen) atoms. The van der Waals surface area contributed by atoms with Crippen molar-refractivity contribution >= 4 is 15.9 Å². The number of ether oxygens (including phenoxy) is 3. The van der Waals surface area contributed by atoms with E-state index in [1.54, 1.807) is 25.1 Å². The number of hydrogen-bond acceptors (Lipinski definition) is 6. The molecule has 0 atom stereocenters. The van der Waals surface area contributed by atoms with Crippen LogP contribution in [-0.2, 0) is 16.6 Å². The van der Waals surface area contributed by atoms with Crippen molar-refractivity contribution in [1.29, 1.82) is 0 Å². The second kappa shape index (κ2) is 8.94. The van der Waals surface area contributed by atoms with Crippen LogP contribution < -0.4 is 24.2 Å². The standard InChI is InChI=1S/C19H24N2O6S/c1-12-6-7-14(28(23,24)20-2)10-15(12)19(22)21-11-13-8-16(25-3)18(27-5)17(9-13)26-4/h6-10,20H,11H2,1-5H3,(H,21,22). The molecule has 0 aromatic heterocycles. The topological polar surface area (TPSA) is 103 Å². The summed E-state index contributed by atoms with van der Waals surface area (Å²) < 4.78 is 42.1. The van der Waals surface area contributed by atoms with Crippen LogP contribution in [-0.4, -0.2) is 42.7 Å². The molecule has 0 unspecified atom stereocenters. The third-order valence-electron chi connectivity index (χ3n) is 4.21. The van der Waals surface area contributed by atoms with Crippen LogP contribution in [0.25, 0.3) is 0 Å². The van der Waals surface area contributed by atoms with Gasteiger partial charge in [-0.3, -0.25) is 4.79 Å². The molecule has 1 amide bonds. The fraction of sp³-hybridized carbons (Fsp3) is 0.316. The van der Waals surface area contributed by atoms with Crippen molar-refractivity contribution in [2.24, 2.45) is 0 Å². The van der Waals surface area contributed by atoms with Gasteiger partial charge < -0.3 is 19.5 Å². The van der Waals surface area contributed by atoms with Crippen LogP contribution >= 0.6 is 0 Å². The molecule has 2 aromatic rings. The van der Waals surface area contributed by atoms with Gasteiger partial charge in [-0.1, -0.05) is 6.07 Å². The molecule has 0 aliphatic rings. The van der Waals surface area contributed by atoms with Gasteiger partial charge in [0.2, 0.25) is 15.8 Å². The zero-order chi connectivity index (χ0) is 20.9. The average Bonchev–Trinajstić information content (AvgIpc) is 2.71. The summed E-state index contributed by atoms with van der Waals surface area (Å²) >= 11 is 0. The van der Waals surface area contributed by atoms with E-state index in [2.05, 4.69) is 10.0 Å². The second-order valence-electron chi connectivity index (χ2n) is 5.90. The van der Waals surface area contributed by atoms with E-state index in [9.17, 15) is 13.2 Å². The Morgan fingerprint density at radius 1 is 1.00 bits per heavy atom. The van der Waals surface area contributed by atoms with E-state index >= 15 is 0 Å². The molecule has 2 N–H and O–H groups in total. The van der Waals surface area contributed by atoms with Crippen LogP contribution in [0, 0.1) is 6.92 Å². The molecule has 0 saturated heterocycles. The predicted octanol–water partition coefficient (Wildman–Crippen LogP) is 1.86. The molecule has 0 radical (unpaired) electrons. The Morgan fingerprint density at radius 2 is 1.61 bits per heavy atom. The lowest BCUT2D eigenvalue weighted by Crippen LogP contribution is -2.25. The zero-order valence-corrected chi connectivity index (χ0v) is 17.3. The van der Waals surface area contributed by atoms with Gasteiger partial charge in [-0.15, -0.1) is 0 Å². The first-order valence-corrected chi connectivity index (χ1v) is 9.87. The van der Waals surface area contributed by atoms with E-state index < -0.39 is 10.0 Å². The molecule has 9 heteroatoms. The summed E-state index contributed by atoms with van der Waals surface area (Å²) in [5.41, 5.74) is 1.68. The second-order valence-corrected chi connectivity index (χ2v) is 7.79. The molecule has 0 bridgehead atoms. The first-order chi connectivity index (χ1) is 13.3. The van der Waals surface area contributed by atoms with Crippen molar-refractivity contribution in [2.45, 2.75) is 18.4 Å². The zero-order valence-electron chi connectivity index (χ0n) is 16.5. The molecular weight excluding hydrogens is 384 g/mol. The van der Waals surface area contributed by atoms with Gasteiger partial charge >= 0.3 is 0 Å². The fourth-order valence-corrected chi connectivity index (χ4v) is 3.40. The molecular formula is C19H24N2O6S. The molecule has 0 heterocycles. The normalized spacial score (nSPS) is 11.0. The Labute approximate surface area is 164 Å². The summed E-state index contributed by atoms with van der Waals surface area (Å²) in [6.45, 7) is 1.93. The lowest BCUT2D eigenvalue weighted by molar-refractivity contribution is 0.0950. The lowest BCUT2D eigenvalue weighted by atomic mass is 10.1. The summed E-state index contributed by atoms with van der Waals surface area (Å²) in [4.78, 5) is 12.7. The highest BCUT2D eigenvalue weighted by Crippen LogP contribution is 2.38. The molecule has 0 aliphatic carbocycles. The van der Waals surface area contributed by atoms with E-state index in [4.69, 9.17) is 14.2 Å². The molecule has 0 saturated carbocycles. The highest BCUT2D eigenvalue weighted by Gasteiger charge is 2.17. The quantitative estimate of drug-likeness (QED) is 0.691. The molecule has 2 rings (SSSR count). The number of carbonyl (C=O) groups is 1. The van der Waals surface area contributed by atoms with E-state index in [0.29, 0.717) is 22.8 Å². The number of amides is 1. The minimum atomic E-state index is -3.64. The molecule has 0 fully saturated rings. The Balaban J connectivity index is 2.26. The highest BCUT2D eigenvalue weighted by atomic mass is 32.2. The van der Waals surface area contributed by atoms with Crippen LogP contribution in [0.15, 0.2) is 35.2 Å². The van der Waals surface area contributed by atoms with Gasteiger partial charge in [0.15, 0.2) is 11.5 Å². The summed E-state index contributed by atoms with van der Waals surface area (Å²) in [6, 6.07) is 7.87. The Kier molecular flexibility index (Phi) is 6.87. The molecule has 2 aromatic carbocycles. The number of carbonyl (C=O) groups excluding carboxylic acids is 1. The SMILES string of the molecule is CNS(=O)(=O)c1ccc(C)c(C(=O)NCc2cc(OC)c(OC)c(OC)c2)c1. The van der Waals surface area contributed by atoms with Gasteiger partial charge in [0, 0.05) is 12.1 Å². The smallest absolute Gasteiger partial charge is 0.251 e. The minimum absolute atomic E-state index is 0.0264. The lowest BCUT2D eigenvalue weighted by Gasteiger charge is -2.15. The highest BCUT2D eigenvalue weighted by molar-refractivity contribution is 7.89. The minimum Gasteiger partial charge on any atom is -0.493 e. The number of hydrogen-bond donors (Lipinski definition) is 2. The average molecular weight is 408 g/mol. The molecule has 0 spiro atoms. The number of sulfonamides is 1. The number of benzene rings is 2. The van der Waals surface area contributed by atoms with E-state index in [1.165, 1.54) is 40.5 Å². The first-order valence-electron chi connectivity index (χ1n) is 8.38. The van der Waals surface area contributed by atoms with Crippen LogP contribution in [0.1, 0.15) is 21.5 Å². The van der Waals surface area contributed by atoms with Crippen LogP contribution in [0.2, 0.25) is 0 Å². The molecule has 152 valence electrons. The Bertz CT molecular complexity index is 947. The van der Waals surface area contributed by atoms with Gasteiger partial charge in [0.05, 0.1) is 26.2 Å². The van der Waals surface area contributed by atoms with Crippen LogP contribution in [0.5, 0.6) is 17.2 Å². The van der Waals surface area contributed by atoms with Crippen LogP contribution in [0.4, 0.5) is 0 Å². The Hall–Kier alpha value is -2.78. The van der Waals surface area contributed by atoms with Gasteiger partial charge in [-0.2, -0.15) is 0 Å². The van der Waals surface area contributed by atoms with Gasteiger partial charge in [0.25, 0.3) is 5.91 Å². The molecule has 0 aliphatic heterocycles. The van der Waals surface area contributed by atoms with Gasteiger partial charge in [-0.05, 0) is 49.4 Å². The number of rotatable bonds is 8. The van der Waals surface area contributed by atoms with Crippen molar-refractivity contribution in [2.75, 3.05) is 28.4 Å². The van der Waals surface area contributed by atoms with Gasteiger partial charge in [0.1, 0.15) is 0 Å². The van der Waals surface area contributed by atoms with Gasteiger partial charge in [-0.25, -0.2) is 13.1 Å². The van der Waals surface area contributed by atoms with Crippen LogP contribution in [0.3, 0.4) is 0 Å². The van der Waals surface area contributed by atoms with Crippen molar-refractivity contribution in [3.63, 3.8) is 0 Å². The van der Waals surface area contributed by atoms with Crippen molar-refractivity contribution in [3.05, 3.63) is 47.0 Å². The monoisotopic (exact) mass is 408 g/mol. The largest absolute Gasteiger partial charge is 0.493 e. The van der Waals surface area contributed by atoms with Crippen molar-refractivity contribution < 1.29 is 27.4 Å². The summed E-state index contributed by atoms with van der Waals surface area (Å²) in [5, 5.41) is 2.79. The summed E-state index contributed by atoms with van der Waals surface area (Å²) in [6.07, 6.45) is 0. The Morgan fingerprint density at radius 3 is 2.11 bits per heavy atom. The maximum atomic E-state index is 12.6. The maximum absolute atomic E-state index is 12.6. The summed E-state index contributed by atoms with van der Waals surface area (Å²) in [5.74, 6) is 1.02.